The highest BCUT2D eigenvalue weighted by molar-refractivity contribution is 5.75. The maximum absolute atomic E-state index is 10.5. The third-order valence-electron chi connectivity index (χ3n) is 1.96. The highest BCUT2D eigenvalue weighted by atomic mass is 16.3. The van der Waals surface area contributed by atoms with Crippen molar-refractivity contribution in [3.8, 4) is 5.75 Å². The summed E-state index contributed by atoms with van der Waals surface area (Å²) >= 11 is 0. The highest BCUT2D eigenvalue weighted by Gasteiger charge is 2.17. The molecular formula is C11H14O2. The summed E-state index contributed by atoms with van der Waals surface area (Å²) in [5.41, 5.74) is 1.27. The number of aldehydes is 1. The van der Waals surface area contributed by atoms with E-state index in [2.05, 4.69) is 0 Å². The van der Waals surface area contributed by atoms with Gasteiger partial charge in [-0.05, 0) is 29.2 Å². The molecule has 0 bridgehead atoms. The summed E-state index contributed by atoms with van der Waals surface area (Å²) in [5.74, 6) is 0.248. The predicted octanol–water partition coefficient (Wildman–Crippen LogP) is 2.50. The Morgan fingerprint density at radius 1 is 1.31 bits per heavy atom. The fourth-order valence-corrected chi connectivity index (χ4v) is 1.23. The van der Waals surface area contributed by atoms with Gasteiger partial charge >= 0.3 is 0 Å². The molecule has 0 radical (unpaired) electrons. The lowest BCUT2D eigenvalue weighted by atomic mass is 9.85. The Bertz CT molecular complexity index is 321. The summed E-state index contributed by atoms with van der Waals surface area (Å²) in [6, 6.07) is 4.89. The lowest BCUT2D eigenvalue weighted by Crippen LogP contribution is -2.11. The van der Waals surface area contributed by atoms with Crippen LogP contribution < -0.4 is 0 Å². The number of aromatic hydroxyl groups is 1. The Balaban J connectivity index is 3.27. The number of benzene rings is 1. The van der Waals surface area contributed by atoms with Crippen molar-refractivity contribution in [1.29, 1.82) is 0 Å². The van der Waals surface area contributed by atoms with Crippen LogP contribution in [-0.2, 0) is 5.41 Å². The number of phenols is 1. The minimum atomic E-state index is -0.136. The fraction of sp³-hybridized carbons (Fsp3) is 0.364. The zero-order chi connectivity index (χ0) is 10.1. The van der Waals surface area contributed by atoms with Gasteiger partial charge in [-0.15, -0.1) is 0 Å². The summed E-state index contributed by atoms with van der Waals surface area (Å²) in [6.45, 7) is 5.99. The van der Waals surface area contributed by atoms with Crippen LogP contribution >= 0.6 is 0 Å². The first-order valence-electron chi connectivity index (χ1n) is 4.24. The van der Waals surface area contributed by atoms with E-state index < -0.39 is 0 Å². The van der Waals surface area contributed by atoms with Crippen molar-refractivity contribution in [2.45, 2.75) is 26.2 Å². The van der Waals surface area contributed by atoms with Crippen LogP contribution in [0.25, 0.3) is 0 Å². The molecule has 2 nitrogen and oxygen atoms in total. The van der Waals surface area contributed by atoms with Gasteiger partial charge in [-0.25, -0.2) is 0 Å². The molecule has 0 amide bonds. The Morgan fingerprint density at radius 2 is 1.92 bits per heavy atom. The molecule has 0 saturated carbocycles. The third kappa shape index (κ3) is 2.08. The Kier molecular flexibility index (Phi) is 2.41. The van der Waals surface area contributed by atoms with Crippen molar-refractivity contribution in [3.63, 3.8) is 0 Å². The van der Waals surface area contributed by atoms with E-state index in [1.807, 2.05) is 20.8 Å². The Hall–Kier alpha value is -1.31. The lowest BCUT2D eigenvalue weighted by molar-refractivity contribution is 0.112. The SMILES string of the molecule is CC(C)(C)c1cc(C=O)ccc1O. The molecule has 1 N–H and O–H groups in total. The van der Waals surface area contributed by atoms with Gasteiger partial charge in [0.1, 0.15) is 12.0 Å². The van der Waals surface area contributed by atoms with E-state index in [1.54, 1.807) is 18.2 Å². The molecular weight excluding hydrogens is 164 g/mol. The quantitative estimate of drug-likeness (QED) is 0.671. The summed E-state index contributed by atoms with van der Waals surface area (Å²) in [5, 5.41) is 9.55. The molecule has 1 aromatic rings. The molecule has 2 heteroatoms. The smallest absolute Gasteiger partial charge is 0.150 e. The maximum Gasteiger partial charge on any atom is 0.150 e. The minimum absolute atomic E-state index is 0.136. The van der Waals surface area contributed by atoms with Crippen molar-refractivity contribution in [2.75, 3.05) is 0 Å². The van der Waals surface area contributed by atoms with E-state index in [1.165, 1.54) is 0 Å². The van der Waals surface area contributed by atoms with Gasteiger partial charge in [-0.2, -0.15) is 0 Å². The van der Waals surface area contributed by atoms with Gasteiger partial charge in [-0.1, -0.05) is 20.8 Å². The van der Waals surface area contributed by atoms with E-state index in [9.17, 15) is 9.90 Å². The molecule has 0 fully saturated rings. The Labute approximate surface area is 78.2 Å². The summed E-state index contributed by atoms with van der Waals surface area (Å²) in [7, 11) is 0. The molecule has 1 rings (SSSR count). The molecule has 0 heterocycles. The molecule has 70 valence electrons. The van der Waals surface area contributed by atoms with Crippen molar-refractivity contribution < 1.29 is 9.90 Å². The molecule has 0 aliphatic rings. The highest BCUT2D eigenvalue weighted by Crippen LogP contribution is 2.30. The first-order chi connectivity index (χ1) is 5.95. The minimum Gasteiger partial charge on any atom is -0.508 e. The number of hydrogen-bond donors (Lipinski definition) is 1. The summed E-state index contributed by atoms with van der Waals surface area (Å²) in [4.78, 5) is 10.5. The van der Waals surface area contributed by atoms with Gasteiger partial charge in [0.25, 0.3) is 0 Å². The molecule has 1 aromatic carbocycles. The van der Waals surface area contributed by atoms with Crippen molar-refractivity contribution in [1.82, 2.24) is 0 Å². The Morgan fingerprint density at radius 3 is 2.38 bits per heavy atom. The van der Waals surface area contributed by atoms with Crippen LogP contribution in [0.15, 0.2) is 18.2 Å². The molecule has 0 aromatic heterocycles. The standard InChI is InChI=1S/C11H14O2/c1-11(2,3)9-6-8(7-12)4-5-10(9)13/h4-7,13H,1-3H3. The zero-order valence-corrected chi connectivity index (χ0v) is 8.16. The van der Waals surface area contributed by atoms with Gasteiger partial charge in [0.15, 0.2) is 0 Å². The summed E-state index contributed by atoms with van der Waals surface area (Å²) in [6.07, 6.45) is 0.786. The van der Waals surface area contributed by atoms with Crippen molar-refractivity contribution in [3.05, 3.63) is 29.3 Å². The van der Waals surface area contributed by atoms with E-state index in [0.29, 0.717) is 5.56 Å². The summed E-state index contributed by atoms with van der Waals surface area (Å²) < 4.78 is 0. The molecule has 0 unspecified atom stereocenters. The maximum atomic E-state index is 10.5. The molecule has 13 heavy (non-hydrogen) atoms. The van der Waals surface area contributed by atoms with Crippen LogP contribution in [0.4, 0.5) is 0 Å². The van der Waals surface area contributed by atoms with Crippen molar-refractivity contribution in [2.24, 2.45) is 0 Å². The normalized spacial score (nSPS) is 11.3. The lowest BCUT2D eigenvalue weighted by Gasteiger charge is -2.20. The zero-order valence-electron chi connectivity index (χ0n) is 8.16. The average molecular weight is 178 g/mol. The van der Waals surface area contributed by atoms with Crippen LogP contribution in [0.5, 0.6) is 5.75 Å². The van der Waals surface area contributed by atoms with Crippen LogP contribution in [0, 0.1) is 0 Å². The number of carbonyl (C=O) groups excluding carboxylic acids is 1. The second kappa shape index (κ2) is 3.21. The monoisotopic (exact) mass is 178 g/mol. The predicted molar refractivity (Wildman–Crippen MR) is 52.2 cm³/mol. The van der Waals surface area contributed by atoms with Crippen LogP contribution in [0.1, 0.15) is 36.7 Å². The van der Waals surface area contributed by atoms with E-state index in [-0.39, 0.29) is 11.2 Å². The number of carbonyl (C=O) groups is 1. The van der Waals surface area contributed by atoms with Crippen molar-refractivity contribution >= 4 is 6.29 Å². The first-order valence-corrected chi connectivity index (χ1v) is 4.24. The second-order valence-corrected chi connectivity index (χ2v) is 4.14. The fourth-order valence-electron chi connectivity index (χ4n) is 1.23. The van der Waals surface area contributed by atoms with Gasteiger partial charge in [0.05, 0.1) is 0 Å². The second-order valence-electron chi connectivity index (χ2n) is 4.14. The average Bonchev–Trinajstić information content (AvgIpc) is 2.03. The van der Waals surface area contributed by atoms with E-state index in [4.69, 9.17) is 0 Å². The number of phenolic OH excluding ortho intramolecular Hbond substituents is 1. The van der Waals surface area contributed by atoms with Gasteiger partial charge in [0.2, 0.25) is 0 Å². The third-order valence-corrected chi connectivity index (χ3v) is 1.96. The largest absolute Gasteiger partial charge is 0.508 e. The first kappa shape index (κ1) is 9.78. The molecule has 0 spiro atoms. The van der Waals surface area contributed by atoms with Gasteiger partial charge in [-0.3, -0.25) is 4.79 Å². The number of hydrogen-bond acceptors (Lipinski definition) is 2. The topological polar surface area (TPSA) is 37.3 Å². The number of rotatable bonds is 1. The molecule has 0 aliphatic carbocycles. The van der Waals surface area contributed by atoms with Gasteiger partial charge < -0.3 is 5.11 Å². The molecule has 0 aliphatic heterocycles. The van der Waals surface area contributed by atoms with Crippen LogP contribution in [0.2, 0.25) is 0 Å². The van der Waals surface area contributed by atoms with Crippen LogP contribution in [-0.4, -0.2) is 11.4 Å². The van der Waals surface area contributed by atoms with Gasteiger partial charge in [0, 0.05) is 5.56 Å². The van der Waals surface area contributed by atoms with Crippen LogP contribution in [0.3, 0.4) is 0 Å². The molecule has 0 atom stereocenters. The molecule has 0 saturated heterocycles. The van der Waals surface area contributed by atoms with E-state index >= 15 is 0 Å². The van der Waals surface area contributed by atoms with E-state index in [0.717, 1.165) is 11.8 Å².